The standard InChI is InChI=1S/3C2HClF2O2.Er/c3*3-2(4,5)1(6)7;/h3*(H,6,7);/q;;;+3/p-3. The molecule has 1 radical (unpaired) electrons. The predicted molar refractivity (Wildman–Crippen MR) is 47.4 cm³/mol. The van der Waals surface area contributed by atoms with Gasteiger partial charge in [0.05, 0.1) is 0 Å². The second-order valence-electron chi connectivity index (χ2n) is 2.36. The van der Waals surface area contributed by atoms with Crippen LogP contribution in [0.2, 0.25) is 0 Å². The van der Waals surface area contributed by atoms with Crippen LogP contribution in [-0.4, -0.2) is 34.1 Å². The third-order valence-electron chi connectivity index (χ3n) is 0.694. The molecule has 0 aliphatic carbocycles. The van der Waals surface area contributed by atoms with Gasteiger partial charge in [0.25, 0.3) is 0 Å². The Labute approximate surface area is 161 Å². The topological polar surface area (TPSA) is 120 Å². The van der Waals surface area contributed by atoms with Crippen LogP contribution in [0.5, 0.6) is 0 Å². The van der Waals surface area contributed by atoms with Crippen LogP contribution >= 0.6 is 34.8 Å². The number of alkyl halides is 9. The molecule has 0 N–H and O–H groups in total. The molecule has 0 rings (SSSR count). The van der Waals surface area contributed by atoms with E-state index in [4.69, 9.17) is 29.7 Å². The minimum Gasteiger partial charge on any atom is -0.543 e. The van der Waals surface area contributed by atoms with E-state index in [2.05, 4.69) is 34.8 Å². The third kappa shape index (κ3) is 22.4. The summed E-state index contributed by atoms with van der Waals surface area (Å²) in [5.74, 6) is -7.72. The fourth-order valence-corrected chi connectivity index (χ4v) is 0. The van der Waals surface area contributed by atoms with E-state index in [1.54, 1.807) is 0 Å². The molecule has 22 heavy (non-hydrogen) atoms. The summed E-state index contributed by atoms with van der Waals surface area (Å²) in [5.41, 5.74) is 0. The van der Waals surface area contributed by atoms with E-state index in [9.17, 15) is 26.3 Å². The number of rotatable bonds is 3. The Morgan fingerprint density at radius 1 is 0.591 bits per heavy atom. The van der Waals surface area contributed by atoms with E-state index in [1.165, 1.54) is 0 Å². The molecule has 6 nitrogen and oxygen atoms in total. The summed E-state index contributed by atoms with van der Waals surface area (Å²) in [4.78, 5) is 27.1. The van der Waals surface area contributed by atoms with E-state index in [1.807, 2.05) is 0 Å². The second kappa shape index (κ2) is 11.6. The van der Waals surface area contributed by atoms with Crippen molar-refractivity contribution in [3.8, 4) is 0 Å². The number of carboxylic acids is 3. The monoisotopic (exact) mass is 553 g/mol. The Balaban J connectivity index is -0.000000108. The van der Waals surface area contributed by atoms with Crippen molar-refractivity contribution >= 4 is 52.7 Å². The average Bonchev–Trinajstić information content (AvgIpc) is 2.14. The first-order valence-electron chi connectivity index (χ1n) is 3.68. The Hall–Kier alpha value is 0.107. The SMILES string of the molecule is O=C([O-])C(F)(F)Cl.O=C([O-])C(F)(F)Cl.O=C([O-])C(F)(F)Cl.[Er+3]. The molecule has 0 aromatic heterocycles. The van der Waals surface area contributed by atoms with Gasteiger partial charge in [-0.2, -0.15) is 26.3 Å². The normalized spacial score (nSPS) is 10.8. The first-order chi connectivity index (χ1) is 8.83. The van der Waals surface area contributed by atoms with Gasteiger partial charge in [-0.3, -0.25) is 0 Å². The molecule has 0 amide bonds. The second-order valence-corrected chi connectivity index (χ2v) is 3.78. The van der Waals surface area contributed by atoms with E-state index in [0.29, 0.717) is 0 Å². The van der Waals surface area contributed by atoms with E-state index >= 15 is 0 Å². The van der Waals surface area contributed by atoms with E-state index in [0.717, 1.165) is 0 Å². The van der Waals surface area contributed by atoms with Crippen molar-refractivity contribution in [1.29, 1.82) is 0 Å². The van der Waals surface area contributed by atoms with Gasteiger partial charge in [0.1, 0.15) is 17.9 Å². The molecule has 0 heterocycles. The molecule has 0 saturated heterocycles. The molecule has 0 aromatic rings. The van der Waals surface area contributed by atoms with Crippen LogP contribution in [0.1, 0.15) is 0 Å². The molecule has 0 fully saturated rings. The van der Waals surface area contributed by atoms with Gasteiger partial charge < -0.3 is 29.7 Å². The van der Waals surface area contributed by atoms with Crippen LogP contribution in [0, 0.1) is 37.3 Å². The maximum atomic E-state index is 10.9. The minimum absolute atomic E-state index is 0. The largest absolute Gasteiger partial charge is 3.00 e. The van der Waals surface area contributed by atoms with Crippen LogP contribution in [0.4, 0.5) is 26.3 Å². The summed E-state index contributed by atoms with van der Waals surface area (Å²) in [6.07, 6.45) is 0. The van der Waals surface area contributed by atoms with Crippen LogP contribution in [0.25, 0.3) is 0 Å². The maximum Gasteiger partial charge on any atom is 3.00 e. The molecule has 0 saturated carbocycles. The van der Waals surface area contributed by atoms with Crippen molar-refractivity contribution < 1.29 is 93.4 Å². The van der Waals surface area contributed by atoms with E-state index in [-0.39, 0.29) is 37.3 Å². The summed E-state index contributed by atoms with van der Waals surface area (Å²) < 4.78 is 65.7. The van der Waals surface area contributed by atoms with Crippen molar-refractivity contribution in [3.05, 3.63) is 0 Å². The molecule has 0 unspecified atom stereocenters. The Morgan fingerprint density at radius 3 is 0.636 bits per heavy atom. The van der Waals surface area contributed by atoms with Crippen molar-refractivity contribution in [2.75, 3.05) is 0 Å². The van der Waals surface area contributed by atoms with Gasteiger partial charge in [0.2, 0.25) is 0 Å². The summed E-state index contributed by atoms with van der Waals surface area (Å²) in [6.45, 7) is 0. The third-order valence-corrected chi connectivity index (χ3v) is 1.16. The van der Waals surface area contributed by atoms with Crippen molar-refractivity contribution in [2.24, 2.45) is 0 Å². The van der Waals surface area contributed by atoms with Gasteiger partial charge in [-0.1, -0.05) is 0 Å². The summed E-state index contributed by atoms with van der Waals surface area (Å²) in [5, 5.41) is 14.4. The zero-order chi connectivity index (χ0) is 18.2. The van der Waals surface area contributed by atoms with Crippen molar-refractivity contribution in [2.45, 2.75) is 16.1 Å². The molecule has 0 bridgehead atoms. The van der Waals surface area contributed by atoms with Gasteiger partial charge in [-0.15, -0.1) is 0 Å². The number of carbonyl (C=O) groups is 3. The number of aliphatic carboxylic acids is 3. The number of hydrogen-bond donors (Lipinski definition) is 0. The Kier molecular flexibility index (Phi) is 15.9. The molecule has 0 aliphatic heterocycles. The molecular weight excluding hydrogens is 556 g/mol. The van der Waals surface area contributed by atoms with Gasteiger partial charge in [-0.25, -0.2) is 0 Å². The number of carbonyl (C=O) groups excluding carboxylic acids is 3. The molecule has 0 atom stereocenters. The van der Waals surface area contributed by atoms with Gasteiger partial charge >= 0.3 is 53.5 Å². The van der Waals surface area contributed by atoms with Gasteiger partial charge in [0, 0.05) is 0 Å². The zero-order valence-corrected chi connectivity index (χ0v) is 13.3. The quantitative estimate of drug-likeness (QED) is 0.316. The van der Waals surface area contributed by atoms with Gasteiger partial charge in [-0.05, 0) is 34.8 Å². The maximum absolute atomic E-state index is 10.9. The first-order valence-corrected chi connectivity index (χ1v) is 4.81. The summed E-state index contributed by atoms with van der Waals surface area (Å²) >= 11 is 11.6. The van der Waals surface area contributed by atoms with Crippen molar-refractivity contribution in [3.63, 3.8) is 0 Å². The van der Waals surface area contributed by atoms with Crippen LogP contribution in [0.3, 0.4) is 0 Å². The average molecular weight is 556 g/mol. The molecule has 135 valence electrons. The molecular formula is C6Cl3ErF6O6. The smallest absolute Gasteiger partial charge is 0.543 e. The van der Waals surface area contributed by atoms with Crippen LogP contribution in [0.15, 0.2) is 0 Å². The molecule has 0 aliphatic rings. The molecule has 16 heteroatoms. The predicted octanol–water partition coefficient (Wildman–Crippen LogP) is -1.30. The Bertz CT molecular complexity index is 321. The molecule has 0 spiro atoms. The fraction of sp³-hybridized carbons (Fsp3) is 0.500. The Morgan fingerprint density at radius 2 is 0.636 bits per heavy atom. The van der Waals surface area contributed by atoms with Crippen molar-refractivity contribution in [1.82, 2.24) is 0 Å². The summed E-state index contributed by atoms with van der Waals surface area (Å²) in [7, 11) is 0. The van der Waals surface area contributed by atoms with Gasteiger partial charge in [0.15, 0.2) is 0 Å². The van der Waals surface area contributed by atoms with E-state index < -0.39 is 34.1 Å². The van der Waals surface area contributed by atoms with Crippen LogP contribution < -0.4 is 15.3 Å². The number of halogens is 9. The van der Waals surface area contributed by atoms with Crippen LogP contribution in [-0.2, 0) is 14.4 Å². The first kappa shape index (κ1) is 30.0. The number of hydrogen-bond acceptors (Lipinski definition) is 6. The molecule has 0 aromatic carbocycles. The minimum atomic E-state index is -4.22. The summed E-state index contributed by atoms with van der Waals surface area (Å²) in [6, 6.07) is 0. The fourth-order valence-electron chi connectivity index (χ4n) is 0. The number of carboxylic acid groups (broad SMARTS) is 3. The zero-order valence-electron chi connectivity index (χ0n) is 9.14.